The van der Waals surface area contributed by atoms with Crippen molar-refractivity contribution in [2.75, 3.05) is 11.4 Å². The number of benzene rings is 1. The number of anilines is 1. The van der Waals surface area contributed by atoms with E-state index in [9.17, 15) is 9.90 Å². The number of rotatable bonds is 3. The van der Waals surface area contributed by atoms with Crippen molar-refractivity contribution in [3.05, 3.63) is 29.8 Å². The molecule has 1 aromatic carbocycles. The Morgan fingerprint density at radius 3 is 2.70 bits per heavy atom. The third kappa shape index (κ3) is 2.73. The molecule has 2 aliphatic rings. The summed E-state index contributed by atoms with van der Waals surface area (Å²) in [6, 6.07) is 8.12. The van der Waals surface area contributed by atoms with Crippen molar-refractivity contribution in [1.29, 1.82) is 0 Å². The van der Waals surface area contributed by atoms with Gasteiger partial charge >= 0.3 is 0 Å². The maximum atomic E-state index is 12.3. The molecule has 0 radical (unpaired) electrons. The Morgan fingerprint density at radius 1 is 1.15 bits per heavy atom. The average molecular weight is 273 g/mol. The van der Waals surface area contributed by atoms with E-state index in [4.69, 9.17) is 0 Å². The Morgan fingerprint density at radius 2 is 1.90 bits per heavy atom. The van der Waals surface area contributed by atoms with Crippen LogP contribution in [-0.4, -0.2) is 23.7 Å². The van der Waals surface area contributed by atoms with Crippen molar-refractivity contribution in [2.45, 2.75) is 51.0 Å². The Labute approximate surface area is 120 Å². The summed E-state index contributed by atoms with van der Waals surface area (Å²) in [6.07, 6.45) is 6.71. The predicted octanol–water partition coefficient (Wildman–Crippen LogP) is 2.91. The zero-order valence-corrected chi connectivity index (χ0v) is 11.9. The number of β-amino-alcohol motifs (C(OH)–C–C–N with tert-alkyl or cyclic N) is 1. The van der Waals surface area contributed by atoms with Crippen LogP contribution in [0.5, 0.6) is 0 Å². The molecule has 3 nitrogen and oxygen atoms in total. The molecule has 1 fully saturated rings. The molecule has 3 heteroatoms. The molecule has 1 N–H and O–H groups in total. The van der Waals surface area contributed by atoms with Crippen molar-refractivity contribution in [2.24, 2.45) is 5.92 Å². The fraction of sp³-hybridized carbons (Fsp3) is 0.588. The summed E-state index contributed by atoms with van der Waals surface area (Å²) in [5.41, 5.74) is 2.24. The number of carbonyl (C=O) groups is 1. The van der Waals surface area contributed by atoms with Crippen molar-refractivity contribution in [3.63, 3.8) is 0 Å². The SMILES string of the molecule is O=C1CCCc2ccccc2N1CC(O)C1CCCC1. The van der Waals surface area contributed by atoms with Gasteiger partial charge in [0.1, 0.15) is 0 Å². The zero-order valence-electron chi connectivity index (χ0n) is 11.9. The molecular formula is C17H23NO2. The number of para-hydroxylation sites is 1. The lowest BCUT2D eigenvalue weighted by atomic mass is 10.00. The Hall–Kier alpha value is -1.35. The second-order valence-corrected chi connectivity index (χ2v) is 6.10. The van der Waals surface area contributed by atoms with Crippen LogP contribution in [-0.2, 0) is 11.2 Å². The second-order valence-electron chi connectivity index (χ2n) is 6.10. The van der Waals surface area contributed by atoms with Crippen LogP contribution in [0.1, 0.15) is 44.1 Å². The fourth-order valence-corrected chi connectivity index (χ4v) is 3.56. The van der Waals surface area contributed by atoms with Gasteiger partial charge in [-0.25, -0.2) is 0 Å². The van der Waals surface area contributed by atoms with E-state index >= 15 is 0 Å². The van der Waals surface area contributed by atoms with Crippen LogP contribution < -0.4 is 4.90 Å². The first-order chi connectivity index (χ1) is 9.75. The highest BCUT2D eigenvalue weighted by Crippen LogP contribution is 2.31. The second kappa shape index (κ2) is 5.96. The largest absolute Gasteiger partial charge is 0.391 e. The molecule has 1 aliphatic carbocycles. The van der Waals surface area contributed by atoms with Crippen LogP contribution in [0.2, 0.25) is 0 Å². The van der Waals surface area contributed by atoms with Gasteiger partial charge in [0.15, 0.2) is 0 Å². The van der Waals surface area contributed by atoms with Crippen LogP contribution in [0.3, 0.4) is 0 Å². The summed E-state index contributed by atoms with van der Waals surface area (Å²) in [6.45, 7) is 0.459. The number of amides is 1. The first-order valence-corrected chi connectivity index (χ1v) is 7.82. The topological polar surface area (TPSA) is 40.5 Å². The molecule has 1 aliphatic heterocycles. The van der Waals surface area contributed by atoms with Gasteiger partial charge in [-0.3, -0.25) is 4.79 Å². The lowest BCUT2D eigenvalue weighted by molar-refractivity contribution is -0.119. The van der Waals surface area contributed by atoms with Crippen LogP contribution in [0.15, 0.2) is 24.3 Å². The molecule has 3 rings (SSSR count). The first-order valence-electron chi connectivity index (χ1n) is 7.82. The number of hydrogen-bond acceptors (Lipinski definition) is 2. The predicted molar refractivity (Wildman–Crippen MR) is 79.7 cm³/mol. The van der Waals surface area contributed by atoms with Gasteiger partial charge in [0.05, 0.1) is 12.6 Å². The first kappa shape index (κ1) is 13.6. The van der Waals surface area contributed by atoms with Crippen LogP contribution in [0, 0.1) is 5.92 Å². The van der Waals surface area contributed by atoms with E-state index in [1.165, 1.54) is 18.4 Å². The molecule has 1 unspecified atom stereocenters. The maximum Gasteiger partial charge on any atom is 0.227 e. The van der Waals surface area contributed by atoms with Crippen molar-refractivity contribution in [1.82, 2.24) is 0 Å². The molecule has 1 atom stereocenters. The zero-order chi connectivity index (χ0) is 13.9. The number of aliphatic hydroxyl groups is 1. The van der Waals surface area contributed by atoms with Gasteiger partial charge in [0.25, 0.3) is 0 Å². The number of hydrogen-bond donors (Lipinski definition) is 1. The van der Waals surface area contributed by atoms with Crippen molar-refractivity contribution in [3.8, 4) is 0 Å². The molecular weight excluding hydrogens is 250 g/mol. The smallest absolute Gasteiger partial charge is 0.227 e. The monoisotopic (exact) mass is 273 g/mol. The summed E-state index contributed by atoms with van der Waals surface area (Å²) in [7, 11) is 0. The van der Waals surface area contributed by atoms with Gasteiger partial charge in [0, 0.05) is 12.1 Å². The van der Waals surface area contributed by atoms with Crippen LogP contribution in [0.25, 0.3) is 0 Å². The van der Waals surface area contributed by atoms with E-state index in [0.717, 1.165) is 31.4 Å². The lowest BCUT2D eigenvalue weighted by Gasteiger charge is -2.28. The number of fused-ring (bicyclic) bond motifs is 1. The maximum absolute atomic E-state index is 12.3. The van der Waals surface area contributed by atoms with E-state index in [1.807, 2.05) is 23.1 Å². The van der Waals surface area contributed by atoms with Crippen LogP contribution in [0.4, 0.5) is 5.69 Å². The van der Waals surface area contributed by atoms with E-state index in [1.54, 1.807) is 0 Å². The molecule has 0 bridgehead atoms. The number of nitrogens with zero attached hydrogens (tertiary/aromatic N) is 1. The molecule has 0 aromatic heterocycles. The van der Waals surface area contributed by atoms with Crippen LogP contribution >= 0.6 is 0 Å². The molecule has 1 saturated carbocycles. The van der Waals surface area contributed by atoms with Gasteiger partial charge in [-0.15, -0.1) is 0 Å². The van der Waals surface area contributed by atoms with Gasteiger partial charge in [-0.2, -0.15) is 0 Å². The minimum atomic E-state index is -0.382. The standard InChI is InChI=1S/C17H23NO2/c19-16(14-7-1-2-8-14)12-18-15-10-4-3-6-13(15)9-5-11-17(18)20/h3-4,6,10,14,16,19H,1-2,5,7-9,11-12H2. The molecule has 1 aromatic rings. The van der Waals surface area contributed by atoms with Crippen molar-refractivity contribution < 1.29 is 9.90 Å². The molecule has 20 heavy (non-hydrogen) atoms. The van der Waals surface area contributed by atoms with Gasteiger partial charge in [-0.05, 0) is 43.2 Å². The van der Waals surface area contributed by atoms with E-state index in [2.05, 4.69) is 6.07 Å². The summed E-state index contributed by atoms with van der Waals surface area (Å²) < 4.78 is 0. The minimum Gasteiger partial charge on any atom is -0.391 e. The highest BCUT2D eigenvalue weighted by atomic mass is 16.3. The normalized spacial score (nSPS) is 21.6. The quantitative estimate of drug-likeness (QED) is 0.920. The number of aryl methyl sites for hydroxylation is 1. The van der Waals surface area contributed by atoms with Gasteiger partial charge in [-0.1, -0.05) is 31.0 Å². The lowest BCUT2D eigenvalue weighted by Crippen LogP contribution is -2.39. The summed E-state index contributed by atoms with van der Waals surface area (Å²) >= 11 is 0. The highest BCUT2D eigenvalue weighted by Gasteiger charge is 2.29. The average Bonchev–Trinajstić information content (AvgIpc) is 2.94. The van der Waals surface area contributed by atoms with Gasteiger partial charge < -0.3 is 10.0 Å². The Kier molecular flexibility index (Phi) is 4.06. The highest BCUT2D eigenvalue weighted by molar-refractivity contribution is 5.94. The van der Waals surface area contributed by atoms with E-state index < -0.39 is 0 Å². The molecule has 108 valence electrons. The Balaban J connectivity index is 1.80. The van der Waals surface area contributed by atoms with E-state index in [-0.39, 0.29) is 12.0 Å². The van der Waals surface area contributed by atoms with E-state index in [0.29, 0.717) is 18.9 Å². The minimum absolute atomic E-state index is 0.159. The molecule has 1 heterocycles. The molecule has 0 spiro atoms. The summed E-state index contributed by atoms with van der Waals surface area (Å²) in [5, 5.41) is 10.4. The number of carbonyl (C=O) groups excluding carboxylic acids is 1. The summed E-state index contributed by atoms with van der Waals surface area (Å²) in [5.74, 6) is 0.533. The van der Waals surface area contributed by atoms with Gasteiger partial charge in [0.2, 0.25) is 5.91 Å². The Bertz CT molecular complexity index is 480. The third-order valence-electron chi connectivity index (χ3n) is 4.73. The fourth-order valence-electron chi connectivity index (χ4n) is 3.56. The summed E-state index contributed by atoms with van der Waals surface area (Å²) in [4.78, 5) is 14.2. The third-order valence-corrected chi connectivity index (χ3v) is 4.73. The molecule has 0 saturated heterocycles. The number of aliphatic hydroxyl groups excluding tert-OH is 1. The van der Waals surface area contributed by atoms with Crippen molar-refractivity contribution >= 4 is 11.6 Å². The molecule has 1 amide bonds.